The number of hydrogen-bond donors (Lipinski definition) is 1. The third kappa shape index (κ3) is 4.26. The van der Waals surface area contributed by atoms with Gasteiger partial charge in [0.2, 0.25) is 0 Å². The van der Waals surface area contributed by atoms with Gasteiger partial charge in [0.05, 0.1) is 17.9 Å². The van der Waals surface area contributed by atoms with Crippen LogP contribution in [0.5, 0.6) is 5.75 Å². The predicted octanol–water partition coefficient (Wildman–Crippen LogP) is 3.15. The van der Waals surface area contributed by atoms with Crippen LogP contribution in [-0.2, 0) is 0 Å². The van der Waals surface area contributed by atoms with E-state index in [0.29, 0.717) is 17.5 Å². The number of aromatic nitrogens is 1. The summed E-state index contributed by atoms with van der Waals surface area (Å²) in [4.78, 5) is 4.71. The molecule has 0 aliphatic carbocycles. The summed E-state index contributed by atoms with van der Waals surface area (Å²) in [7, 11) is 0. The highest BCUT2D eigenvalue weighted by Gasteiger charge is 2.12. The summed E-state index contributed by atoms with van der Waals surface area (Å²) >= 11 is 5.06. The molecule has 0 aliphatic rings. The van der Waals surface area contributed by atoms with Crippen LogP contribution in [0.2, 0.25) is 0 Å². The highest BCUT2D eigenvalue weighted by atomic mass is 32.1. The van der Waals surface area contributed by atoms with E-state index in [1.807, 2.05) is 19.9 Å². The van der Waals surface area contributed by atoms with Crippen molar-refractivity contribution in [3.05, 3.63) is 23.0 Å². The molecule has 0 bridgehead atoms. The standard InChI is InChI=1S/C14H22N2OS/c1-9(2)6-5-7-17-12-8-10(3)16-11(4)13(12)14(15)18/h8-9H,5-7H2,1-4H3,(H2,15,18). The Morgan fingerprint density at radius 1 is 1.44 bits per heavy atom. The number of hydrogen-bond acceptors (Lipinski definition) is 3. The quantitative estimate of drug-likeness (QED) is 0.635. The van der Waals surface area contributed by atoms with Crippen LogP contribution in [0.3, 0.4) is 0 Å². The maximum atomic E-state index is 5.80. The van der Waals surface area contributed by atoms with Crippen LogP contribution in [0, 0.1) is 19.8 Å². The van der Waals surface area contributed by atoms with Gasteiger partial charge in [-0.2, -0.15) is 0 Å². The van der Waals surface area contributed by atoms with Crippen molar-refractivity contribution in [1.29, 1.82) is 0 Å². The fourth-order valence-electron chi connectivity index (χ4n) is 1.88. The number of pyridine rings is 1. The van der Waals surface area contributed by atoms with Crippen molar-refractivity contribution >= 4 is 17.2 Å². The van der Waals surface area contributed by atoms with Crippen molar-refractivity contribution in [1.82, 2.24) is 4.98 Å². The first-order valence-electron chi connectivity index (χ1n) is 6.32. The molecule has 1 heterocycles. The Morgan fingerprint density at radius 3 is 2.67 bits per heavy atom. The highest BCUT2D eigenvalue weighted by Crippen LogP contribution is 2.22. The predicted molar refractivity (Wildman–Crippen MR) is 79.2 cm³/mol. The summed E-state index contributed by atoms with van der Waals surface area (Å²) in [6, 6.07) is 1.90. The molecule has 0 spiro atoms. The summed E-state index contributed by atoms with van der Waals surface area (Å²) in [5.41, 5.74) is 8.25. The van der Waals surface area contributed by atoms with Gasteiger partial charge >= 0.3 is 0 Å². The van der Waals surface area contributed by atoms with Crippen molar-refractivity contribution in [2.24, 2.45) is 11.7 Å². The average Bonchev–Trinajstić information content (AvgIpc) is 2.22. The Labute approximate surface area is 115 Å². The number of nitrogens with zero attached hydrogens (tertiary/aromatic N) is 1. The van der Waals surface area contributed by atoms with Crippen LogP contribution in [0.4, 0.5) is 0 Å². The Bertz CT molecular complexity index is 430. The third-order valence-corrected chi connectivity index (χ3v) is 2.93. The molecule has 4 heteroatoms. The van der Waals surface area contributed by atoms with Gasteiger partial charge in [-0.3, -0.25) is 4.98 Å². The summed E-state index contributed by atoms with van der Waals surface area (Å²) in [5.74, 6) is 1.46. The zero-order valence-electron chi connectivity index (χ0n) is 11.6. The first-order valence-corrected chi connectivity index (χ1v) is 6.73. The van der Waals surface area contributed by atoms with Crippen molar-refractivity contribution < 1.29 is 4.74 Å². The van der Waals surface area contributed by atoms with Gasteiger partial charge < -0.3 is 10.5 Å². The minimum absolute atomic E-state index is 0.346. The lowest BCUT2D eigenvalue weighted by atomic mass is 10.1. The van der Waals surface area contributed by atoms with Gasteiger partial charge in [0.25, 0.3) is 0 Å². The topological polar surface area (TPSA) is 48.1 Å². The smallest absolute Gasteiger partial charge is 0.133 e. The molecule has 1 aromatic rings. The van der Waals surface area contributed by atoms with Crippen LogP contribution >= 0.6 is 12.2 Å². The molecule has 0 unspecified atom stereocenters. The molecule has 0 saturated heterocycles. The largest absolute Gasteiger partial charge is 0.493 e. The zero-order valence-corrected chi connectivity index (χ0v) is 12.4. The molecule has 1 aromatic heterocycles. The first-order chi connectivity index (χ1) is 8.41. The van der Waals surface area contributed by atoms with E-state index in [4.69, 9.17) is 22.7 Å². The van der Waals surface area contributed by atoms with Crippen LogP contribution in [0.15, 0.2) is 6.07 Å². The molecule has 0 aliphatic heterocycles. The summed E-state index contributed by atoms with van der Waals surface area (Å²) in [5, 5.41) is 0. The van der Waals surface area contributed by atoms with E-state index in [1.165, 1.54) is 0 Å². The first kappa shape index (κ1) is 14.9. The number of aryl methyl sites for hydroxylation is 2. The van der Waals surface area contributed by atoms with Crippen molar-refractivity contribution in [2.45, 2.75) is 40.5 Å². The molecule has 100 valence electrons. The third-order valence-electron chi connectivity index (χ3n) is 2.72. The summed E-state index contributed by atoms with van der Waals surface area (Å²) in [6.07, 6.45) is 2.19. The summed E-state index contributed by atoms with van der Waals surface area (Å²) < 4.78 is 5.80. The van der Waals surface area contributed by atoms with E-state index >= 15 is 0 Å². The van der Waals surface area contributed by atoms with E-state index < -0.39 is 0 Å². The number of rotatable bonds is 6. The molecule has 18 heavy (non-hydrogen) atoms. The maximum Gasteiger partial charge on any atom is 0.133 e. The fourth-order valence-corrected chi connectivity index (χ4v) is 2.13. The van der Waals surface area contributed by atoms with Gasteiger partial charge in [0.15, 0.2) is 0 Å². The fraction of sp³-hybridized carbons (Fsp3) is 0.571. The molecule has 2 N–H and O–H groups in total. The van der Waals surface area contributed by atoms with Crippen molar-refractivity contribution in [3.8, 4) is 5.75 Å². The molecule has 0 aromatic carbocycles. The van der Waals surface area contributed by atoms with Gasteiger partial charge in [-0.1, -0.05) is 26.1 Å². The number of nitrogens with two attached hydrogens (primary N) is 1. The van der Waals surface area contributed by atoms with E-state index in [0.717, 1.165) is 35.5 Å². The van der Waals surface area contributed by atoms with Gasteiger partial charge in [-0.05, 0) is 32.6 Å². The molecule has 0 radical (unpaired) electrons. The van der Waals surface area contributed by atoms with E-state index in [-0.39, 0.29) is 0 Å². The molecular formula is C14H22N2OS. The lowest BCUT2D eigenvalue weighted by Gasteiger charge is -2.14. The van der Waals surface area contributed by atoms with Gasteiger partial charge in [-0.25, -0.2) is 0 Å². The average molecular weight is 266 g/mol. The number of thiocarbonyl (C=S) groups is 1. The Balaban J connectivity index is 2.77. The van der Waals surface area contributed by atoms with Gasteiger partial charge in [-0.15, -0.1) is 0 Å². The minimum atomic E-state index is 0.346. The van der Waals surface area contributed by atoms with E-state index in [2.05, 4.69) is 18.8 Å². The van der Waals surface area contributed by atoms with E-state index in [1.54, 1.807) is 0 Å². The lowest BCUT2D eigenvalue weighted by molar-refractivity contribution is 0.296. The molecule has 0 saturated carbocycles. The molecule has 1 rings (SSSR count). The normalized spacial score (nSPS) is 10.7. The monoisotopic (exact) mass is 266 g/mol. The molecule has 3 nitrogen and oxygen atoms in total. The summed E-state index contributed by atoms with van der Waals surface area (Å²) in [6.45, 7) is 8.96. The van der Waals surface area contributed by atoms with Crippen LogP contribution in [-0.4, -0.2) is 16.6 Å². The second-order valence-electron chi connectivity index (χ2n) is 4.97. The van der Waals surface area contributed by atoms with Gasteiger partial charge in [0.1, 0.15) is 10.7 Å². The zero-order chi connectivity index (χ0) is 13.7. The Morgan fingerprint density at radius 2 is 2.11 bits per heavy atom. The lowest BCUT2D eigenvalue weighted by Crippen LogP contribution is -2.15. The van der Waals surface area contributed by atoms with E-state index in [9.17, 15) is 0 Å². The molecule has 0 amide bonds. The highest BCUT2D eigenvalue weighted by molar-refractivity contribution is 7.80. The van der Waals surface area contributed by atoms with Crippen molar-refractivity contribution in [2.75, 3.05) is 6.61 Å². The Kier molecular flexibility index (Phi) is 5.54. The Hall–Kier alpha value is -1.16. The SMILES string of the molecule is Cc1cc(OCCCC(C)C)c(C(N)=S)c(C)n1. The number of ether oxygens (including phenoxy) is 1. The molecular weight excluding hydrogens is 244 g/mol. The van der Waals surface area contributed by atoms with Crippen LogP contribution in [0.1, 0.15) is 43.6 Å². The van der Waals surface area contributed by atoms with Gasteiger partial charge in [0, 0.05) is 11.8 Å². The maximum absolute atomic E-state index is 5.80. The van der Waals surface area contributed by atoms with Crippen LogP contribution < -0.4 is 10.5 Å². The molecule has 0 atom stereocenters. The molecule has 0 fully saturated rings. The van der Waals surface area contributed by atoms with Crippen LogP contribution in [0.25, 0.3) is 0 Å². The van der Waals surface area contributed by atoms with Crippen molar-refractivity contribution in [3.63, 3.8) is 0 Å². The second-order valence-corrected chi connectivity index (χ2v) is 5.41. The minimum Gasteiger partial charge on any atom is -0.493 e. The second kappa shape index (κ2) is 6.69.